The summed E-state index contributed by atoms with van der Waals surface area (Å²) in [6.07, 6.45) is 0.156. The molecular formula is C10H12BrNO2. The topological polar surface area (TPSA) is 40.5 Å². The molecule has 0 saturated heterocycles. The van der Waals surface area contributed by atoms with E-state index in [1.54, 1.807) is 0 Å². The van der Waals surface area contributed by atoms with Gasteiger partial charge in [0.25, 0.3) is 0 Å². The summed E-state index contributed by atoms with van der Waals surface area (Å²) in [6, 6.07) is 7.78. The molecule has 0 bridgehead atoms. The van der Waals surface area contributed by atoms with Gasteiger partial charge in [0.2, 0.25) is 0 Å². The molecule has 0 saturated carbocycles. The monoisotopic (exact) mass is 257 g/mol. The predicted molar refractivity (Wildman–Crippen MR) is 59.7 cm³/mol. The highest BCUT2D eigenvalue weighted by molar-refractivity contribution is 9.10. The van der Waals surface area contributed by atoms with Gasteiger partial charge in [0, 0.05) is 23.8 Å². The van der Waals surface area contributed by atoms with E-state index >= 15 is 0 Å². The van der Waals surface area contributed by atoms with Crippen LogP contribution in [-0.2, 0) is 4.79 Å². The van der Waals surface area contributed by atoms with E-state index in [0.717, 1.165) is 10.2 Å². The molecule has 0 amide bonds. The molecule has 14 heavy (non-hydrogen) atoms. The highest BCUT2D eigenvalue weighted by Gasteiger charge is 2.03. The van der Waals surface area contributed by atoms with Crippen LogP contribution in [0.4, 0.5) is 5.69 Å². The summed E-state index contributed by atoms with van der Waals surface area (Å²) in [4.78, 5) is 12.3. The predicted octanol–water partition coefficient (Wildman–Crippen LogP) is 2.36. The van der Waals surface area contributed by atoms with Gasteiger partial charge >= 0.3 is 5.97 Å². The summed E-state index contributed by atoms with van der Waals surface area (Å²) < 4.78 is 0.997. The molecular weight excluding hydrogens is 246 g/mol. The van der Waals surface area contributed by atoms with Crippen LogP contribution in [0, 0.1) is 0 Å². The Morgan fingerprint density at radius 1 is 1.57 bits per heavy atom. The standard InChI is InChI=1S/C10H12BrNO2/c1-12(6-5-10(13)14)9-4-2-3-8(11)7-9/h2-4,7H,5-6H2,1H3,(H,13,14). The minimum absolute atomic E-state index is 0.156. The zero-order valence-electron chi connectivity index (χ0n) is 7.90. The number of anilines is 1. The van der Waals surface area contributed by atoms with Crippen molar-refractivity contribution in [3.05, 3.63) is 28.7 Å². The van der Waals surface area contributed by atoms with Crippen LogP contribution in [0.5, 0.6) is 0 Å². The van der Waals surface area contributed by atoms with Crippen LogP contribution in [0.25, 0.3) is 0 Å². The van der Waals surface area contributed by atoms with Crippen molar-refractivity contribution < 1.29 is 9.90 Å². The summed E-state index contributed by atoms with van der Waals surface area (Å²) in [5.41, 5.74) is 1.01. The fourth-order valence-electron chi connectivity index (χ4n) is 1.11. The zero-order chi connectivity index (χ0) is 10.6. The highest BCUT2D eigenvalue weighted by atomic mass is 79.9. The lowest BCUT2D eigenvalue weighted by atomic mass is 10.3. The van der Waals surface area contributed by atoms with Gasteiger partial charge in [0.15, 0.2) is 0 Å². The molecule has 0 spiro atoms. The maximum Gasteiger partial charge on any atom is 0.305 e. The summed E-state index contributed by atoms with van der Waals surface area (Å²) >= 11 is 3.37. The lowest BCUT2D eigenvalue weighted by molar-refractivity contribution is -0.136. The molecule has 1 aromatic carbocycles. The number of hydrogen-bond acceptors (Lipinski definition) is 2. The largest absolute Gasteiger partial charge is 0.481 e. The van der Waals surface area contributed by atoms with E-state index < -0.39 is 5.97 Å². The molecule has 0 radical (unpaired) electrons. The zero-order valence-corrected chi connectivity index (χ0v) is 9.49. The third-order valence-corrected chi connectivity index (χ3v) is 2.40. The second-order valence-electron chi connectivity index (χ2n) is 3.05. The van der Waals surface area contributed by atoms with E-state index in [4.69, 9.17) is 5.11 Å². The average molecular weight is 258 g/mol. The number of carbonyl (C=O) groups is 1. The van der Waals surface area contributed by atoms with Gasteiger partial charge in [-0.05, 0) is 18.2 Å². The van der Waals surface area contributed by atoms with Crippen molar-refractivity contribution in [1.82, 2.24) is 0 Å². The van der Waals surface area contributed by atoms with E-state index in [1.807, 2.05) is 36.2 Å². The lowest BCUT2D eigenvalue weighted by Gasteiger charge is -2.18. The van der Waals surface area contributed by atoms with Crippen molar-refractivity contribution in [2.45, 2.75) is 6.42 Å². The Balaban J connectivity index is 2.60. The number of halogens is 1. The molecule has 0 atom stereocenters. The van der Waals surface area contributed by atoms with Crippen LogP contribution in [0.15, 0.2) is 28.7 Å². The van der Waals surface area contributed by atoms with Crippen LogP contribution < -0.4 is 4.90 Å². The maximum atomic E-state index is 10.4. The number of aliphatic carboxylic acids is 1. The number of carboxylic acids is 1. The van der Waals surface area contributed by atoms with Crippen LogP contribution in [0.3, 0.4) is 0 Å². The first-order chi connectivity index (χ1) is 6.59. The normalized spacial score (nSPS) is 9.86. The Morgan fingerprint density at radius 3 is 2.86 bits per heavy atom. The summed E-state index contributed by atoms with van der Waals surface area (Å²) in [5, 5.41) is 8.53. The number of benzene rings is 1. The Morgan fingerprint density at radius 2 is 2.29 bits per heavy atom. The summed E-state index contributed by atoms with van der Waals surface area (Å²) in [6.45, 7) is 0.520. The Hall–Kier alpha value is -1.03. The molecule has 4 heteroatoms. The molecule has 0 aliphatic rings. The SMILES string of the molecule is CN(CCC(=O)O)c1cccc(Br)c1. The van der Waals surface area contributed by atoms with Gasteiger partial charge in [-0.1, -0.05) is 22.0 Å². The van der Waals surface area contributed by atoms with E-state index in [9.17, 15) is 4.79 Å². The molecule has 0 aliphatic carbocycles. The molecule has 0 unspecified atom stereocenters. The minimum atomic E-state index is -0.771. The third kappa shape index (κ3) is 3.38. The average Bonchev–Trinajstić information content (AvgIpc) is 2.14. The lowest BCUT2D eigenvalue weighted by Crippen LogP contribution is -2.20. The van der Waals surface area contributed by atoms with Crippen molar-refractivity contribution in [1.29, 1.82) is 0 Å². The van der Waals surface area contributed by atoms with Gasteiger partial charge in [-0.15, -0.1) is 0 Å². The molecule has 0 heterocycles. The van der Waals surface area contributed by atoms with Gasteiger partial charge in [-0.3, -0.25) is 4.79 Å². The molecule has 0 fully saturated rings. The third-order valence-electron chi connectivity index (χ3n) is 1.91. The first-order valence-corrected chi connectivity index (χ1v) is 5.07. The second kappa shape index (κ2) is 5.00. The van der Waals surface area contributed by atoms with Crippen molar-refractivity contribution in [3.8, 4) is 0 Å². The van der Waals surface area contributed by atoms with Gasteiger partial charge in [-0.25, -0.2) is 0 Å². The van der Waals surface area contributed by atoms with Crippen LogP contribution in [-0.4, -0.2) is 24.7 Å². The smallest absolute Gasteiger partial charge is 0.305 e. The second-order valence-corrected chi connectivity index (χ2v) is 3.96. The first kappa shape index (κ1) is 11.0. The van der Waals surface area contributed by atoms with E-state index in [2.05, 4.69) is 15.9 Å². The Bertz CT molecular complexity index is 328. The van der Waals surface area contributed by atoms with E-state index in [-0.39, 0.29) is 6.42 Å². The quantitative estimate of drug-likeness (QED) is 0.901. The van der Waals surface area contributed by atoms with Crippen LogP contribution >= 0.6 is 15.9 Å². The fourth-order valence-corrected chi connectivity index (χ4v) is 1.49. The molecule has 0 aliphatic heterocycles. The maximum absolute atomic E-state index is 10.4. The first-order valence-electron chi connectivity index (χ1n) is 4.28. The van der Waals surface area contributed by atoms with E-state index in [0.29, 0.717) is 6.54 Å². The minimum Gasteiger partial charge on any atom is -0.481 e. The van der Waals surface area contributed by atoms with E-state index in [1.165, 1.54) is 0 Å². The summed E-state index contributed by atoms with van der Waals surface area (Å²) in [5.74, 6) is -0.771. The molecule has 0 aromatic heterocycles. The van der Waals surface area contributed by atoms with Gasteiger partial charge in [0.1, 0.15) is 0 Å². The Labute approximate surface area is 91.5 Å². The van der Waals surface area contributed by atoms with Gasteiger partial charge in [0.05, 0.1) is 6.42 Å². The highest BCUT2D eigenvalue weighted by Crippen LogP contribution is 2.18. The van der Waals surface area contributed by atoms with Crippen molar-refractivity contribution in [2.75, 3.05) is 18.5 Å². The number of carboxylic acid groups (broad SMARTS) is 1. The molecule has 1 rings (SSSR count). The number of rotatable bonds is 4. The number of nitrogens with zero attached hydrogens (tertiary/aromatic N) is 1. The molecule has 76 valence electrons. The van der Waals surface area contributed by atoms with Crippen molar-refractivity contribution in [3.63, 3.8) is 0 Å². The molecule has 1 N–H and O–H groups in total. The van der Waals surface area contributed by atoms with Crippen LogP contribution in [0.1, 0.15) is 6.42 Å². The van der Waals surface area contributed by atoms with Gasteiger partial charge in [-0.2, -0.15) is 0 Å². The van der Waals surface area contributed by atoms with Gasteiger partial charge < -0.3 is 10.0 Å². The number of hydrogen-bond donors (Lipinski definition) is 1. The van der Waals surface area contributed by atoms with Crippen LogP contribution in [0.2, 0.25) is 0 Å². The summed E-state index contributed by atoms with van der Waals surface area (Å²) in [7, 11) is 1.88. The van der Waals surface area contributed by atoms with Crippen molar-refractivity contribution in [2.24, 2.45) is 0 Å². The van der Waals surface area contributed by atoms with Crippen molar-refractivity contribution >= 4 is 27.6 Å². The molecule has 3 nitrogen and oxygen atoms in total. The molecule has 1 aromatic rings. The fraction of sp³-hybridized carbons (Fsp3) is 0.300. The Kier molecular flexibility index (Phi) is 3.95.